The summed E-state index contributed by atoms with van der Waals surface area (Å²) in [4.78, 5) is 23.1. The first-order valence-electron chi connectivity index (χ1n) is 9.98. The molecule has 2 aromatic heterocycles. The Balaban J connectivity index is 1.72. The molecule has 1 fully saturated rings. The third-order valence-electron chi connectivity index (χ3n) is 5.68. The van der Waals surface area contributed by atoms with Crippen molar-refractivity contribution in [2.24, 2.45) is 5.73 Å². The monoisotopic (exact) mass is 378 g/mol. The van der Waals surface area contributed by atoms with Crippen molar-refractivity contribution < 1.29 is 4.79 Å². The molecular formula is C21H26N6O. The van der Waals surface area contributed by atoms with Crippen molar-refractivity contribution >= 4 is 28.6 Å². The first-order valence-corrected chi connectivity index (χ1v) is 9.98. The Morgan fingerprint density at radius 1 is 1.14 bits per heavy atom. The number of nitrogens with two attached hydrogens (primary N) is 1. The summed E-state index contributed by atoms with van der Waals surface area (Å²) < 4.78 is 0. The van der Waals surface area contributed by atoms with Crippen molar-refractivity contribution in [3.8, 4) is 0 Å². The van der Waals surface area contributed by atoms with E-state index in [4.69, 9.17) is 10.7 Å². The molecule has 0 spiro atoms. The minimum absolute atomic E-state index is 0.307. The number of carbonyl (C=O) groups excluding carboxylic acids is 1. The van der Waals surface area contributed by atoms with Crippen molar-refractivity contribution in [1.82, 2.24) is 20.2 Å². The van der Waals surface area contributed by atoms with Crippen LogP contribution in [0.2, 0.25) is 0 Å². The Bertz CT molecular complexity index is 943. The molecule has 3 N–H and O–H groups in total. The highest BCUT2D eigenvalue weighted by Crippen LogP contribution is 2.33. The number of nitrogens with one attached hydrogen (secondary N) is 1. The summed E-state index contributed by atoms with van der Waals surface area (Å²) in [5, 5.41) is 7.90. The number of aromatic nitrogens is 4. The average Bonchev–Trinajstić information content (AvgIpc) is 3.02. The summed E-state index contributed by atoms with van der Waals surface area (Å²) in [5.74, 6) is 0.0544. The third kappa shape index (κ3) is 3.69. The van der Waals surface area contributed by atoms with Gasteiger partial charge in [-0.15, -0.1) is 0 Å². The predicted molar refractivity (Wildman–Crippen MR) is 109 cm³/mol. The highest BCUT2D eigenvalue weighted by molar-refractivity contribution is 5.81. The topological polar surface area (TPSA) is 101 Å². The Kier molecular flexibility index (Phi) is 5.23. The van der Waals surface area contributed by atoms with Gasteiger partial charge in [0.15, 0.2) is 5.65 Å². The SMILES string of the molecule is CC(C(N)=O)c1ccc(N(c2ncc3cn[nH]c3n2)C2CCCCCC2)cc1. The summed E-state index contributed by atoms with van der Waals surface area (Å²) in [7, 11) is 0. The van der Waals surface area contributed by atoms with E-state index >= 15 is 0 Å². The van der Waals surface area contributed by atoms with E-state index < -0.39 is 0 Å². The van der Waals surface area contributed by atoms with Crippen LogP contribution in [-0.4, -0.2) is 32.1 Å². The Morgan fingerprint density at radius 2 is 1.86 bits per heavy atom. The van der Waals surface area contributed by atoms with Crippen molar-refractivity contribution in [2.75, 3.05) is 4.90 Å². The Hall–Kier alpha value is -2.96. The van der Waals surface area contributed by atoms with E-state index in [-0.39, 0.29) is 11.8 Å². The lowest BCUT2D eigenvalue weighted by molar-refractivity contribution is -0.119. The molecule has 1 saturated carbocycles. The molecule has 1 aliphatic rings. The van der Waals surface area contributed by atoms with Crippen LogP contribution in [0.15, 0.2) is 36.7 Å². The number of rotatable bonds is 5. The van der Waals surface area contributed by atoms with Crippen LogP contribution < -0.4 is 10.6 Å². The van der Waals surface area contributed by atoms with Gasteiger partial charge >= 0.3 is 0 Å². The van der Waals surface area contributed by atoms with Gasteiger partial charge in [0.1, 0.15) is 0 Å². The van der Waals surface area contributed by atoms with Gasteiger partial charge in [-0.05, 0) is 37.5 Å². The van der Waals surface area contributed by atoms with Gasteiger partial charge in [-0.2, -0.15) is 10.1 Å². The number of aromatic amines is 1. The second-order valence-electron chi connectivity index (χ2n) is 7.57. The fourth-order valence-corrected chi connectivity index (χ4v) is 3.94. The van der Waals surface area contributed by atoms with E-state index in [0.717, 1.165) is 35.1 Å². The summed E-state index contributed by atoms with van der Waals surface area (Å²) in [6, 6.07) is 8.38. The maximum atomic E-state index is 11.5. The number of hydrogen-bond acceptors (Lipinski definition) is 5. The zero-order chi connectivity index (χ0) is 19.5. The molecule has 2 heterocycles. The second kappa shape index (κ2) is 7.96. The lowest BCUT2D eigenvalue weighted by Gasteiger charge is -2.31. The van der Waals surface area contributed by atoms with Gasteiger partial charge in [0.2, 0.25) is 11.9 Å². The van der Waals surface area contributed by atoms with E-state index in [2.05, 4.69) is 20.1 Å². The number of primary amides is 1. The Morgan fingerprint density at radius 3 is 2.54 bits per heavy atom. The zero-order valence-corrected chi connectivity index (χ0v) is 16.1. The molecule has 0 aliphatic heterocycles. The van der Waals surface area contributed by atoms with E-state index in [0.29, 0.717) is 12.0 Å². The van der Waals surface area contributed by atoms with Gasteiger partial charge in [0.05, 0.1) is 17.5 Å². The molecule has 1 aliphatic carbocycles. The van der Waals surface area contributed by atoms with Gasteiger partial charge in [-0.1, -0.05) is 37.8 Å². The predicted octanol–water partition coefficient (Wildman–Crippen LogP) is 3.80. The first kappa shape index (κ1) is 18.4. The van der Waals surface area contributed by atoms with E-state index in [1.54, 1.807) is 6.20 Å². The molecule has 1 aromatic carbocycles. The normalized spacial score (nSPS) is 16.6. The molecule has 0 saturated heterocycles. The van der Waals surface area contributed by atoms with Crippen LogP contribution in [0.4, 0.5) is 11.6 Å². The number of carbonyl (C=O) groups is 1. The summed E-state index contributed by atoms with van der Waals surface area (Å²) >= 11 is 0. The zero-order valence-electron chi connectivity index (χ0n) is 16.1. The third-order valence-corrected chi connectivity index (χ3v) is 5.68. The van der Waals surface area contributed by atoms with E-state index in [9.17, 15) is 4.79 Å². The molecule has 0 bridgehead atoms. The molecule has 0 radical (unpaired) electrons. The van der Waals surface area contributed by atoms with Gasteiger partial charge in [0.25, 0.3) is 0 Å². The molecule has 1 unspecified atom stereocenters. The number of benzene rings is 1. The molecule has 7 nitrogen and oxygen atoms in total. The van der Waals surface area contributed by atoms with Crippen molar-refractivity contribution in [3.05, 3.63) is 42.2 Å². The van der Waals surface area contributed by atoms with Gasteiger partial charge in [0, 0.05) is 17.9 Å². The van der Waals surface area contributed by atoms with E-state index in [1.165, 1.54) is 25.7 Å². The summed E-state index contributed by atoms with van der Waals surface area (Å²) in [6.45, 7) is 1.83. The molecule has 1 amide bonds. The maximum absolute atomic E-state index is 11.5. The van der Waals surface area contributed by atoms with Crippen molar-refractivity contribution in [2.45, 2.75) is 57.4 Å². The number of anilines is 2. The number of amides is 1. The molecule has 1 atom stereocenters. The fourth-order valence-electron chi connectivity index (χ4n) is 3.94. The molecule has 3 aromatic rings. The maximum Gasteiger partial charge on any atom is 0.232 e. The van der Waals surface area contributed by atoms with Crippen molar-refractivity contribution in [1.29, 1.82) is 0 Å². The number of hydrogen-bond donors (Lipinski definition) is 2. The van der Waals surface area contributed by atoms with Crippen molar-refractivity contribution in [3.63, 3.8) is 0 Å². The van der Waals surface area contributed by atoms with Crippen LogP contribution in [0.5, 0.6) is 0 Å². The van der Waals surface area contributed by atoms with Crippen LogP contribution in [0.3, 0.4) is 0 Å². The highest BCUT2D eigenvalue weighted by atomic mass is 16.1. The molecular weight excluding hydrogens is 352 g/mol. The number of H-pyrrole nitrogens is 1. The van der Waals surface area contributed by atoms with Crippen LogP contribution in [-0.2, 0) is 4.79 Å². The molecule has 28 heavy (non-hydrogen) atoms. The van der Waals surface area contributed by atoms with Gasteiger partial charge in [-0.3, -0.25) is 9.89 Å². The quantitative estimate of drug-likeness (QED) is 0.658. The van der Waals surface area contributed by atoms with Crippen LogP contribution >= 0.6 is 0 Å². The summed E-state index contributed by atoms with van der Waals surface area (Å²) in [6.07, 6.45) is 10.8. The van der Waals surface area contributed by atoms with Crippen LogP contribution in [0, 0.1) is 0 Å². The van der Waals surface area contributed by atoms with Crippen LogP contribution in [0.1, 0.15) is 56.9 Å². The van der Waals surface area contributed by atoms with Gasteiger partial charge < -0.3 is 10.6 Å². The first-order chi connectivity index (χ1) is 13.6. The lowest BCUT2D eigenvalue weighted by Crippen LogP contribution is -2.32. The minimum atomic E-state index is -0.318. The fraction of sp³-hybridized carbons (Fsp3) is 0.429. The molecule has 7 heteroatoms. The number of nitrogens with zero attached hydrogens (tertiary/aromatic N) is 4. The van der Waals surface area contributed by atoms with Crippen LogP contribution in [0.25, 0.3) is 11.0 Å². The average molecular weight is 378 g/mol. The Labute approximate surface area is 164 Å². The molecule has 4 rings (SSSR count). The van der Waals surface area contributed by atoms with E-state index in [1.807, 2.05) is 37.4 Å². The minimum Gasteiger partial charge on any atom is -0.369 e. The standard InChI is InChI=1S/C21H26N6O/c1-14(19(22)28)15-8-10-18(11-9-15)27(17-6-4-2-3-5-7-17)21-23-12-16-13-24-26-20(16)25-21/h8-14,17H,2-7H2,1H3,(H2,22,28)(H,23,24,25,26). The molecule has 146 valence electrons. The lowest BCUT2D eigenvalue weighted by atomic mass is 9.99. The largest absolute Gasteiger partial charge is 0.369 e. The number of fused-ring (bicyclic) bond motifs is 1. The summed E-state index contributed by atoms with van der Waals surface area (Å²) in [5.41, 5.74) is 8.15. The smallest absolute Gasteiger partial charge is 0.232 e. The second-order valence-corrected chi connectivity index (χ2v) is 7.57. The van der Waals surface area contributed by atoms with Gasteiger partial charge in [-0.25, -0.2) is 4.98 Å². The highest BCUT2D eigenvalue weighted by Gasteiger charge is 2.25.